The Morgan fingerprint density at radius 1 is 0.938 bits per heavy atom. The fourth-order valence-corrected chi connectivity index (χ4v) is 4.23. The molecule has 0 fully saturated rings. The van der Waals surface area contributed by atoms with Crippen molar-refractivity contribution < 1.29 is 14.3 Å². The quantitative estimate of drug-likeness (QED) is 0.612. The molecule has 1 N–H and O–H groups in total. The van der Waals surface area contributed by atoms with Crippen molar-refractivity contribution in [1.82, 2.24) is 10.2 Å². The van der Waals surface area contributed by atoms with E-state index in [9.17, 15) is 9.59 Å². The molecule has 3 aromatic rings. The molecule has 1 aliphatic rings. The third-order valence-electron chi connectivity index (χ3n) is 5.93. The van der Waals surface area contributed by atoms with Gasteiger partial charge in [-0.15, -0.1) is 0 Å². The minimum absolute atomic E-state index is 0.00736. The van der Waals surface area contributed by atoms with Gasteiger partial charge in [0.25, 0.3) is 0 Å². The number of amides is 2. The van der Waals surface area contributed by atoms with Gasteiger partial charge in [-0.05, 0) is 40.8 Å². The van der Waals surface area contributed by atoms with Crippen molar-refractivity contribution in [3.63, 3.8) is 0 Å². The first-order valence-corrected chi connectivity index (χ1v) is 11.0. The van der Waals surface area contributed by atoms with Gasteiger partial charge in [0.05, 0.1) is 13.2 Å². The van der Waals surface area contributed by atoms with Crippen molar-refractivity contribution >= 4 is 11.8 Å². The van der Waals surface area contributed by atoms with Crippen molar-refractivity contribution in [3.05, 3.63) is 101 Å². The zero-order chi connectivity index (χ0) is 22.3. The second kappa shape index (κ2) is 10.1. The van der Waals surface area contributed by atoms with Gasteiger partial charge in [0, 0.05) is 25.9 Å². The van der Waals surface area contributed by atoms with Gasteiger partial charge in [0.15, 0.2) is 0 Å². The molecule has 0 spiro atoms. The zero-order valence-electron chi connectivity index (χ0n) is 18.3. The Morgan fingerprint density at radius 3 is 2.41 bits per heavy atom. The van der Waals surface area contributed by atoms with Crippen LogP contribution < -0.4 is 10.1 Å². The molecule has 164 valence electrons. The Balaban J connectivity index is 1.39. The van der Waals surface area contributed by atoms with E-state index in [4.69, 9.17) is 4.74 Å². The standard InChI is InChI=1S/C27H28N2O3/c1-32-23-13-11-20(12-14-23)19-28-25(30)15-16-26(31)29-18-17-21-7-5-6-10-24(21)27(29)22-8-3-2-4-9-22/h2-14,27H,15-19H2,1H3,(H,28,30). The van der Waals surface area contributed by atoms with Gasteiger partial charge >= 0.3 is 0 Å². The van der Waals surface area contributed by atoms with Crippen LogP contribution in [-0.2, 0) is 22.6 Å². The fourth-order valence-electron chi connectivity index (χ4n) is 4.23. The number of carbonyl (C=O) groups is 2. The van der Waals surface area contributed by atoms with Gasteiger partial charge in [-0.3, -0.25) is 9.59 Å². The number of hydrogen-bond acceptors (Lipinski definition) is 3. The molecule has 3 aromatic carbocycles. The Kier molecular flexibility index (Phi) is 6.85. The molecule has 0 aromatic heterocycles. The van der Waals surface area contributed by atoms with Gasteiger partial charge in [-0.1, -0.05) is 66.7 Å². The van der Waals surface area contributed by atoms with E-state index in [-0.39, 0.29) is 30.7 Å². The van der Waals surface area contributed by atoms with Gasteiger partial charge in [-0.25, -0.2) is 0 Å². The summed E-state index contributed by atoms with van der Waals surface area (Å²) < 4.78 is 5.15. The number of nitrogens with zero attached hydrogens (tertiary/aromatic N) is 1. The first-order chi connectivity index (χ1) is 15.7. The third kappa shape index (κ3) is 4.99. The van der Waals surface area contributed by atoms with E-state index in [1.165, 1.54) is 11.1 Å². The molecule has 5 nitrogen and oxygen atoms in total. The number of methoxy groups -OCH3 is 1. The number of benzene rings is 3. The topological polar surface area (TPSA) is 58.6 Å². The van der Waals surface area contributed by atoms with Crippen LogP contribution in [0.4, 0.5) is 0 Å². The molecule has 0 radical (unpaired) electrons. The zero-order valence-corrected chi connectivity index (χ0v) is 18.3. The van der Waals surface area contributed by atoms with E-state index in [0.717, 1.165) is 23.3 Å². The van der Waals surface area contributed by atoms with E-state index in [1.54, 1.807) is 7.11 Å². The minimum atomic E-state index is -0.122. The molecule has 1 aliphatic heterocycles. The molecule has 0 aliphatic carbocycles. The van der Waals surface area contributed by atoms with Gasteiger partial charge in [0.2, 0.25) is 11.8 Å². The van der Waals surface area contributed by atoms with Gasteiger partial charge in [0.1, 0.15) is 5.75 Å². The second-order valence-electron chi connectivity index (χ2n) is 7.97. The number of fused-ring (bicyclic) bond motifs is 1. The summed E-state index contributed by atoms with van der Waals surface area (Å²) in [5.41, 5.74) is 4.53. The van der Waals surface area contributed by atoms with E-state index in [1.807, 2.05) is 59.5 Å². The van der Waals surface area contributed by atoms with Crippen LogP contribution in [0.15, 0.2) is 78.9 Å². The molecule has 1 heterocycles. The summed E-state index contributed by atoms with van der Waals surface area (Å²) in [7, 11) is 1.62. The summed E-state index contributed by atoms with van der Waals surface area (Å²) in [5, 5.41) is 2.90. The molecule has 1 unspecified atom stereocenters. The Bertz CT molecular complexity index is 1060. The molecule has 0 bridgehead atoms. The van der Waals surface area contributed by atoms with E-state index >= 15 is 0 Å². The Labute approximate surface area is 189 Å². The highest BCUT2D eigenvalue weighted by Gasteiger charge is 2.31. The van der Waals surface area contributed by atoms with E-state index in [2.05, 4.69) is 29.6 Å². The third-order valence-corrected chi connectivity index (χ3v) is 5.93. The van der Waals surface area contributed by atoms with Crippen molar-refractivity contribution in [2.75, 3.05) is 13.7 Å². The molecule has 0 saturated carbocycles. The SMILES string of the molecule is COc1ccc(CNC(=O)CCC(=O)N2CCc3ccccc3C2c2ccccc2)cc1. The summed E-state index contributed by atoms with van der Waals surface area (Å²) in [4.78, 5) is 27.5. The maximum Gasteiger partial charge on any atom is 0.223 e. The van der Waals surface area contributed by atoms with Crippen molar-refractivity contribution in [1.29, 1.82) is 0 Å². The maximum absolute atomic E-state index is 13.2. The lowest BCUT2D eigenvalue weighted by Crippen LogP contribution is -2.41. The fraction of sp³-hybridized carbons (Fsp3) is 0.259. The smallest absolute Gasteiger partial charge is 0.223 e. The van der Waals surface area contributed by atoms with Crippen LogP contribution in [0, 0.1) is 0 Å². The van der Waals surface area contributed by atoms with Crippen LogP contribution in [0.25, 0.3) is 0 Å². The molecule has 0 saturated heterocycles. The predicted molar refractivity (Wildman–Crippen MR) is 124 cm³/mol. The highest BCUT2D eigenvalue weighted by molar-refractivity contribution is 5.84. The minimum Gasteiger partial charge on any atom is -0.497 e. The predicted octanol–water partition coefficient (Wildman–Crippen LogP) is 4.27. The lowest BCUT2D eigenvalue weighted by Gasteiger charge is -2.38. The summed E-state index contributed by atoms with van der Waals surface area (Å²) >= 11 is 0. The van der Waals surface area contributed by atoms with Crippen LogP contribution in [0.2, 0.25) is 0 Å². The highest BCUT2D eigenvalue weighted by atomic mass is 16.5. The van der Waals surface area contributed by atoms with E-state index < -0.39 is 0 Å². The molecular formula is C27H28N2O3. The van der Waals surface area contributed by atoms with Crippen LogP contribution >= 0.6 is 0 Å². The van der Waals surface area contributed by atoms with Crippen LogP contribution in [0.3, 0.4) is 0 Å². The normalized spacial score (nSPS) is 15.0. The summed E-state index contributed by atoms with van der Waals surface area (Å²) in [6.07, 6.45) is 1.20. The Hall–Kier alpha value is -3.60. The second-order valence-corrected chi connectivity index (χ2v) is 7.97. The number of hydrogen-bond donors (Lipinski definition) is 1. The summed E-state index contributed by atoms with van der Waals surface area (Å²) in [6.45, 7) is 1.09. The van der Waals surface area contributed by atoms with Gasteiger partial charge in [-0.2, -0.15) is 0 Å². The summed E-state index contributed by atoms with van der Waals surface area (Å²) in [6, 6.07) is 25.9. The first kappa shape index (κ1) is 21.6. The van der Waals surface area contributed by atoms with Gasteiger partial charge < -0.3 is 15.0 Å². The number of rotatable bonds is 7. The average Bonchev–Trinajstić information content (AvgIpc) is 2.86. The lowest BCUT2D eigenvalue weighted by molar-refractivity contribution is -0.135. The molecule has 2 amide bonds. The number of nitrogens with one attached hydrogen (secondary N) is 1. The van der Waals surface area contributed by atoms with Crippen LogP contribution in [0.1, 0.15) is 41.1 Å². The highest BCUT2D eigenvalue weighted by Crippen LogP contribution is 2.35. The number of ether oxygens (including phenoxy) is 1. The molecule has 5 heteroatoms. The summed E-state index contributed by atoms with van der Waals surface area (Å²) in [5.74, 6) is 0.664. The van der Waals surface area contributed by atoms with Crippen LogP contribution in [0.5, 0.6) is 5.75 Å². The monoisotopic (exact) mass is 428 g/mol. The largest absolute Gasteiger partial charge is 0.497 e. The molecule has 4 rings (SSSR count). The van der Waals surface area contributed by atoms with Crippen molar-refractivity contribution in [2.45, 2.75) is 31.8 Å². The average molecular weight is 429 g/mol. The first-order valence-electron chi connectivity index (χ1n) is 11.0. The van der Waals surface area contributed by atoms with Crippen LogP contribution in [-0.4, -0.2) is 30.4 Å². The Morgan fingerprint density at radius 2 is 1.66 bits per heavy atom. The van der Waals surface area contributed by atoms with Crippen molar-refractivity contribution in [2.24, 2.45) is 0 Å². The van der Waals surface area contributed by atoms with E-state index in [0.29, 0.717) is 13.1 Å². The number of carbonyl (C=O) groups excluding carboxylic acids is 2. The maximum atomic E-state index is 13.2. The molecular weight excluding hydrogens is 400 g/mol. The lowest BCUT2D eigenvalue weighted by atomic mass is 9.88. The molecule has 32 heavy (non-hydrogen) atoms. The van der Waals surface area contributed by atoms with Crippen molar-refractivity contribution in [3.8, 4) is 5.75 Å². The molecule has 1 atom stereocenters.